The van der Waals surface area contributed by atoms with Gasteiger partial charge in [-0.25, -0.2) is 0 Å². The molecule has 0 aliphatic rings. The predicted octanol–water partition coefficient (Wildman–Crippen LogP) is 1.77. The van der Waals surface area contributed by atoms with Gasteiger partial charge < -0.3 is 23.9 Å². The van der Waals surface area contributed by atoms with E-state index in [9.17, 15) is 10.0 Å². The SMILES string of the molecule is COc1ccc(B(O)O)c(OC)c1O[Si](C)(C)C(C)(C)C. The summed E-state index contributed by atoms with van der Waals surface area (Å²) in [5.74, 6) is 1.24. The molecule has 118 valence electrons. The quantitative estimate of drug-likeness (QED) is 0.811. The second kappa shape index (κ2) is 6.29. The van der Waals surface area contributed by atoms with Crippen LogP contribution in [0.15, 0.2) is 12.1 Å². The molecule has 1 rings (SSSR count). The van der Waals surface area contributed by atoms with E-state index in [4.69, 9.17) is 13.9 Å². The zero-order valence-corrected chi connectivity index (χ0v) is 14.9. The third kappa shape index (κ3) is 3.72. The van der Waals surface area contributed by atoms with Gasteiger partial charge in [-0.2, -0.15) is 0 Å². The van der Waals surface area contributed by atoms with Crippen LogP contribution in [0, 0.1) is 0 Å². The molecule has 7 heteroatoms. The molecule has 0 heterocycles. The highest BCUT2D eigenvalue weighted by atomic mass is 28.4. The Hall–Kier alpha value is -1.18. The fourth-order valence-corrected chi connectivity index (χ4v) is 2.65. The van der Waals surface area contributed by atoms with Crippen molar-refractivity contribution in [3.8, 4) is 17.2 Å². The maximum absolute atomic E-state index is 9.47. The molecule has 1 aromatic carbocycles. The summed E-state index contributed by atoms with van der Waals surface area (Å²) in [4.78, 5) is 0. The highest BCUT2D eigenvalue weighted by molar-refractivity contribution is 6.74. The van der Waals surface area contributed by atoms with Gasteiger partial charge in [-0.1, -0.05) is 26.8 Å². The second-order valence-corrected chi connectivity index (χ2v) is 11.2. The molecular weight excluding hydrogens is 287 g/mol. The number of hydrogen-bond donors (Lipinski definition) is 2. The first-order valence-electron chi connectivity index (χ1n) is 6.85. The smallest absolute Gasteiger partial charge is 0.492 e. The third-order valence-electron chi connectivity index (χ3n) is 3.97. The second-order valence-electron chi connectivity index (χ2n) is 6.46. The molecule has 21 heavy (non-hydrogen) atoms. The van der Waals surface area contributed by atoms with Crippen LogP contribution in [0.5, 0.6) is 17.2 Å². The summed E-state index contributed by atoms with van der Waals surface area (Å²) in [6.45, 7) is 10.6. The molecule has 0 atom stereocenters. The minimum Gasteiger partial charge on any atom is -0.539 e. The Morgan fingerprint density at radius 3 is 1.95 bits per heavy atom. The van der Waals surface area contributed by atoms with Crippen molar-refractivity contribution in [2.75, 3.05) is 14.2 Å². The van der Waals surface area contributed by atoms with Crippen molar-refractivity contribution < 1.29 is 23.9 Å². The molecule has 0 aromatic heterocycles. The molecule has 2 N–H and O–H groups in total. The maximum atomic E-state index is 9.47. The number of ether oxygens (including phenoxy) is 2. The van der Waals surface area contributed by atoms with Crippen LogP contribution in [0.1, 0.15) is 20.8 Å². The maximum Gasteiger partial charge on any atom is 0.492 e. The molecule has 0 unspecified atom stereocenters. The van der Waals surface area contributed by atoms with Gasteiger partial charge in [0.2, 0.25) is 0 Å². The van der Waals surface area contributed by atoms with Gasteiger partial charge in [-0.05, 0) is 24.2 Å². The van der Waals surface area contributed by atoms with Crippen molar-refractivity contribution in [2.24, 2.45) is 0 Å². The van der Waals surface area contributed by atoms with Gasteiger partial charge in [0, 0.05) is 5.46 Å². The van der Waals surface area contributed by atoms with Crippen LogP contribution in [-0.2, 0) is 0 Å². The highest BCUT2D eigenvalue weighted by Gasteiger charge is 2.40. The van der Waals surface area contributed by atoms with E-state index in [1.807, 2.05) is 0 Å². The molecular formula is C14H25BO5Si. The lowest BCUT2D eigenvalue weighted by Gasteiger charge is -2.37. The van der Waals surface area contributed by atoms with E-state index in [1.165, 1.54) is 7.11 Å². The molecule has 0 aliphatic heterocycles. The fraction of sp³-hybridized carbons (Fsp3) is 0.571. The Balaban J connectivity index is 3.42. The molecule has 0 amide bonds. The Morgan fingerprint density at radius 1 is 1.00 bits per heavy atom. The first-order chi connectivity index (χ1) is 9.55. The van der Waals surface area contributed by atoms with Gasteiger partial charge in [0.15, 0.2) is 17.2 Å². The summed E-state index contributed by atoms with van der Waals surface area (Å²) in [6, 6.07) is 3.21. The zero-order valence-electron chi connectivity index (χ0n) is 13.9. The Morgan fingerprint density at radius 2 is 1.57 bits per heavy atom. The minimum atomic E-state index is -2.12. The molecule has 0 saturated carbocycles. The summed E-state index contributed by atoms with van der Waals surface area (Å²) in [5, 5.41) is 18.9. The predicted molar refractivity (Wildman–Crippen MR) is 87.2 cm³/mol. The topological polar surface area (TPSA) is 68.2 Å². The van der Waals surface area contributed by atoms with Crippen LogP contribution in [0.3, 0.4) is 0 Å². The zero-order chi connectivity index (χ0) is 16.4. The monoisotopic (exact) mass is 312 g/mol. The molecule has 0 bridgehead atoms. The average molecular weight is 312 g/mol. The van der Waals surface area contributed by atoms with E-state index in [0.717, 1.165) is 0 Å². The lowest BCUT2D eigenvalue weighted by molar-refractivity contribution is 0.354. The summed E-state index contributed by atoms with van der Waals surface area (Å²) in [7, 11) is -0.738. The molecule has 0 saturated heterocycles. The van der Waals surface area contributed by atoms with Gasteiger partial charge in [0.1, 0.15) is 0 Å². The minimum absolute atomic E-state index is 0.00312. The van der Waals surface area contributed by atoms with Crippen LogP contribution in [0.25, 0.3) is 0 Å². The summed E-state index contributed by atoms with van der Waals surface area (Å²) < 4.78 is 16.9. The summed E-state index contributed by atoms with van der Waals surface area (Å²) in [6.07, 6.45) is 0. The van der Waals surface area contributed by atoms with Gasteiger partial charge in [0.25, 0.3) is 8.32 Å². The molecule has 0 fully saturated rings. The molecule has 1 aromatic rings. The van der Waals surface area contributed by atoms with Gasteiger partial charge in [-0.3, -0.25) is 0 Å². The summed E-state index contributed by atoms with van der Waals surface area (Å²) >= 11 is 0. The largest absolute Gasteiger partial charge is 0.539 e. The molecule has 0 radical (unpaired) electrons. The van der Waals surface area contributed by atoms with Crippen molar-refractivity contribution in [1.82, 2.24) is 0 Å². The fourth-order valence-electron chi connectivity index (χ4n) is 1.64. The average Bonchev–Trinajstić information content (AvgIpc) is 2.36. The Labute approximate surface area is 128 Å². The van der Waals surface area contributed by atoms with Gasteiger partial charge >= 0.3 is 7.12 Å². The van der Waals surface area contributed by atoms with Crippen LogP contribution in [-0.4, -0.2) is 39.7 Å². The Bertz CT molecular complexity index is 497. The first-order valence-corrected chi connectivity index (χ1v) is 9.76. The van der Waals surface area contributed by atoms with Crippen LogP contribution < -0.4 is 19.4 Å². The number of hydrogen-bond acceptors (Lipinski definition) is 5. The lowest BCUT2D eigenvalue weighted by atomic mass is 9.79. The lowest BCUT2D eigenvalue weighted by Crippen LogP contribution is -2.44. The van der Waals surface area contributed by atoms with Crippen molar-refractivity contribution in [1.29, 1.82) is 0 Å². The van der Waals surface area contributed by atoms with Crippen LogP contribution in [0.2, 0.25) is 18.1 Å². The van der Waals surface area contributed by atoms with Gasteiger partial charge in [0.05, 0.1) is 14.2 Å². The number of rotatable bonds is 5. The molecule has 0 aliphatic carbocycles. The van der Waals surface area contributed by atoms with E-state index in [0.29, 0.717) is 17.2 Å². The summed E-state index contributed by atoms with van der Waals surface area (Å²) in [5.41, 5.74) is 0.256. The van der Waals surface area contributed by atoms with E-state index >= 15 is 0 Å². The third-order valence-corrected chi connectivity index (χ3v) is 8.30. The van der Waals surface area contributed by atoms with Crippen LogP contribution in [0.4, 0.5) is 0 Å². The molecule has 5 nitrogen and oxygen atoms in total. The molecule has 0 spiro atoms. The highest BCUT2D eigenvalue weighted by Crippen LogP contribution is 2.43. The number of methoxy groups -OCH3 is 2. The van der Waals surface area contributed by atoms with E-state index in [1.54, 1.807) is 19.2 Å². The number of benzene rings is 1. The Kier molecular flexibility index (Phi) is 5.36. The first kappa shape index (κ1) is 17.9. The normalized spacial score (nSPS) is 12.0. The standard InChI is InChI=1S/C14H25BO5Si/c1-14(2,3)21(6,7)20-13-11(18-4)9-8-10(15(16)17)12(13)19-5/h8-9,16-17H,1-7H3. The van der Waals surface area contributed by atoms with Crippen molar-refractivity contribution >= 4 is 20.9 Å². The van der Waals surface area contributed by atoms with Crippen molar-refractivity contribution in [2.45, 2.75) is 38.9 Å². The van der Waals surface area contributed by atoms with Crippen LogP contribution >= 0.6 is 0 Å². The van der Waals surface area contributed by atoms with Crippen molar-refractivity contribution in [3.05, 3.63) is 12.1 Å². The van der Waals surface area contributed by atoms with E-state index in [-0.39, 0.29) is 10.5 Å². The van der Waals surface area contributed by atoms with E-state index in [2.05, 4.69) is 33.9 Å². The van der Waals surface area contributed by atoms with E-state index < -0.39 is 15.4 Å². The van der Waals surface area contributed by atoms with Gasteiger partial charge in [-0.15, -0.1) is 0 Å². The van der Waals surface area contributed by atoms with Crippen molar-refractivity contribution in [3.63, 3.8) is 0 Å².